The number of benzene rings is 1. The lowest BCUT2D eigenvalue weighted by Gasteiger charge is -2.11. The van der Waals surface area contributed by atoms with Crippen LogP contribution in [0, 0.1) is 6.92 Å². The van der Waals surface area contributed by atoms with Crippen molar-refractivity contribution in [2.75, 3.05) is 14.2 Å². The van der Waals surface area contributed by atoms with Crippen molar-refractivity contribution < 1.29 is 9.47 Å². The summed E-state index contributed by atoms with van der Waals surface area (Å²) in [6, 6.07) is 5.49. The molecule has 106 valence electrons. The van der Waals surface area contributed by atoms with Gasteiger partial charge in [-0.25, -0.2) is 9.97 Å². The lowest BCUT2D eigenvalue weighted by Crippen LogP contribution is -2.09. The van der Waals surface area contributed by atoms with Crippen molar-refractivity contribution in [3.63, 3.8) is 0 Å². The third-order valence-corrected chi connectivity index (χ3v) is 3.12. The van der Waals surface area contributed by atoms with Crippen LogP contribution in [0.3, 0.4) is 0 Å². The zero-order valence-corrected chi connectivity index (χ0v) is 12.2. The fraction of sp³-hybridized carbons (Fsp3) is 0.333. The van der Waals surface area contributed by atoms with Gasteiger partial charge < -0.3 is 15.2 Å². The molecular formula is C15H19N3O2. The molecule has 1 aromatic carbocycles. The van der Waals surface area contributed by atoms with E-state index in [0.717, 1.165) is 16.8 Å². The highest BCUT2D eigenvalue weighted by Crippen LogP contribution is 2.28. The van der Waals surface area contributed by atoms with Crippen LogP contribution >= 0.6 is 0 Å². The van der Waals surface area contributed by atoms with Gasteiger partial charge in [-0.05, 0) is 26.0 Å². The Morgan fingerprint density at radius 2 is 1.70 bits per heavy atom. The first-order valence-corrected chi connectivity index (χ1v) is 6.37. The van der Waals surface area contributed by atoms with Crippen LogP contribution in [0.25, 0.3) is 11.4 Å². The number of aryl methyl sites for hydroxylation is 1. The van der Waals surface area contributed by atoms with E-state index in [9.17, 15) is 0 Å². The molecule has 0 saturated carbocycles. The van der Waals surface area contributed by atoms with Crippen LogP contribution in [0.1, 0.15) is 24.2 Å². The Morgan fingerprint density at radius 3 is 2.15 bits per heavy atom. The summed E-state index contributed by atoms with van der Waals surface area (Å²) < 4.78 is 10.5. The molecular weight excluding hydrogens is 254 g/mol. The number of aromatic nitrogens is 2. The molecule has 1 atom stereocenters. The highest BCUT2D eigenvalue weighted by atomic mass is 16.5. The van der Waals surface area contributed by atoms with E-state index >= 15 is 0 Å². The highest BCUT2D eigenvalue weighted by Gasteiger charge is 2.10. The minimum Gasteiger partial charge on any atom is -0.497 e. The minimum atomic E-state index is -0.0797. The predicted molar refractivity (Wildman–Crippen MR) is 77.9 cm³/mol. The van der Waals surface area contributed by atoms with E-state index < -0.39 is 0 Å². The number of rotatable bonds is 4. The smallest absolute Gasteiger partial charge is 0.159 e. The first-order chi connectivity index (χ1) is 9.55. The number of nitrogens with zero attached hydrogens (tertiary/aromatic N) is 2. The van der Waals surface area contributed by atoms with Gasteiger partial charge in [-0.1, -0.05) is 0 Å². The standard InChI is InChI=1S/C15H19N3O2/c1-9(16)14-8-17-15(18-10(14)2)11-5-12(19-3)7-13(6-11)20-4/h5-9H,16H2,1-4H3. The molecule has 1 heterocycles. The van der Waals surface area contributed by atoms with Gasteiger partial charge >= 0.3 is 0 Å². The fourth-order valence-electron chi connectivity index (χ4n) is 2.00. The average molecular weight is 273 g/mol. The van der Waals surface area contributed by atoms with Gasteiger partial charge in [-0.15, -0.1) is 0 Å². The lowest BCUT2D eigenvalue weighted by molar-refractivity contribution is 0.394. The zero-order valence-electron chi connectivity index (χ0n) is 12.2. The number of nitrogens with two attached hydrogens (primary N) is 1. The summed E-state index contributed by atoms with van der Waals surface area (Å²) in [5.74, 6) is 2.04. The Bertz CT molecular complexity index is 590. The summed E-state index contributed by atoms with van der Waals surface area (Å²) in [5.41, 5.74) is 8.55. The Kier molecular flexibility index (Phi) is 4.20. The van der Waals surface area contributed by atoms with Gasteiger partial charge in [0, 0.05) is 35.1 Å². The summed E-state index contributed by atoms with van der Waals surface area (Å²) in [5, 5.41) is 0. The van der Waals surface area contributed by atoms with Crippen LogP contribution in [-0.4, -0.2) is 24.2 Å². The van der Waals surface area contributed by atoms with Gasteiger partial charge in [-0.3, -0.25) is 0 Å². The van der Waals surface area contributed by atoms with Crippen molar-refractivity contribution in [2.45, 2.75) is 19.9 Å². The summed E-state index contributed by atoms with van der Waals surface area (Å²) in [6.45, 7) is 3.85. The van der Waals surface area contributed by atoms with Crippen molar-refractivity contribution in [2.24, 2.45) is 5.73 Å². The average Bonchev–Trinajstić information content (AvgIpc) is 2.46. The summed E-state index contributed by atoms with van der Waals surface area (Å²) in [7, 11) is 3.23. The van der Waals surface area contributed by atoms with Crippen molar-refractivity contribution in [1.29, 1.82) is 0 Å². The molecule has 5 nitrogen and oxygen atoms in total. The van der Waals surface area contributed by atoms with E-state index in [1.807, 2.05) is 32.0 Å². The van der Waals surface area contributed by atoms with Gasteiger partial charge in [-0.2, -0.15) is 0 Å². The first kappa shape index (κ1) is 14.3. The largest absolute Gasteiger partial charge is 0.497 e. The van der Waals surface area contributed by atoms with Gasteiger partial charge in [0.1, 0.15) is 11.5 Å². The molecule has 0 radical (unpaired) electrons. The normalized spacial score (nSPS) is 12.1. The van der Waals surface area contributed by atoms with Gasteiger partial charge in [0.15, 0.2) is 5.82 Å². The summed E-state index contributed by atoms with van der Waals surface area (Å²) in [4.78, 5) is 8.89. The van der Waals surface area contributed by atoms with E-state index in [0.29, 0.717) is 17.3 Å². The molecule has 2 aromatic rings. The Morgan fingerprint density at radius 1 is 1.10 bits per heavy atom. The quantitative estimate of drug-likeness (QED) is 0.926. The summed E-state index contributed by atoms with van der Waals surface area (Å²) >= 11 is 0. The van der Waals surface area contributed by atoms with Crippen LogP contribution in [0.5, 0.6) is 11.5 Å². The minimum absolute atomic E-state index is 0.0797. The van der Waals surface area contributed by atoms with Gasteiger partial charge in [0.25, 0.3) is 0 Å². The van der Waals surface area contributed by atoms with Crippen molar-refractivity contribution in [3.05, 3.63) is 35.7 Å². The molecule has 0 fully saturated rings. The first-order valence-electron chi connectivity index (χ1n) is 6.37. The number of methoxy groups -OCH3 is 2. The fourth-order valence-corrected chi connectivity index (χ4v) is 2.00. The SMILES string of the molecule is COc1cc(OC)cc(-c2ncc(C(C)N)c(C)n2)c1. The third-order valence-electron chi connectivity index (χ3n) is 3.12. The maximum atomic E-state index is 5.87. The number of hydrogen-bond donors (Lipinski definition) is 1. The number of hydrogen-bond acceptors (Lipinski definition) is 5. The maximum Gasteiger partial charge on any atom is 0.159 e. The molecule has 0 aliphatic rings. The van der Waals surface area contributed by atoms with E-state index in [2.05, 4.69) is 9.97 Å². The monoisotopic (exact) mass is 273 g/mol. The van der Waals surface area contributed by atoms with Gasteiger partial charge in [0.05, 0.1) is 14.2 Å². The van der Waals surface area contributed by atoms with Crippen LogP contribution < -0.4 is 15.2 Å². The molecule has 5 heteroatoms. The van der Waals surface area contributed by atoms with E-state index in [1.165, 1.54) is 0 Å². The Hall–Kier alpha value is -2.14. The molecule has 1 aromatic heterocycles. The molecule has 0 aliphatic carbocycles. The topological polar surface area (TPSA) is 70.3 Å². The van der Waals surface area contributed by atoms with Crippen LogP contribution in [-0.2, 0) is 0 Å². The lowest BCUT2D eigenvalue weighted by atomic mass is 10.1. The molecule has 2 rings (SSSR count). The van der Waals surface area contributed by atoms with E-state index in [-0.39, 0.29) is 6.04 Å². The van der Waals surface area contributed by atoms with Crippen molar-refractivity contribution in [3.8, 4) is 22.9 Å². The molecule has 0 aliphatic heterocycles. The molecule has 1 unspecified atom stereocenters. The second-order valence-corrected chi connectivity index (χ2v) is 4.62. The molecule has 0 spiro atoms. The second-order valence-electron chi connectivity index (χ2n) is 4.62. The molecule has 0 saturated heterocycles. The van der Waals surface area contributed by atoms with Gasteiger partial charge in [0.2, 0.25) is 0 Å². The maximum absolute atomic E-state index is 5.87. The van der Waals surface area contributed by atoms with E-state index in [1.54, 1.807) is 20.4 Å². The summed E-state index contributed by atoms with van der Waals surface area (Å²) in [6.07, 6.45) is 1.77. The van der Waals surface area contributed by atoms with E-state index in [4.69, 9.17) is 15.2 Å². The van der Waals surface area contributed by atoms with Crippen molar-refractivity contribution >= 4 is 0 Å². The van der Waals surface area contributed by atoms with Crippen molar-refractivity contribution in [1.82, 2.24) is 9.97 Å². The number of ether oxygens (including phenoxy) is 2. The molecule has 0 amide bonds. The Balaban J connectivity index is 2.48. The zero-order chi connectivity index (χ0) is 14.7. The predicted octanol–water partition coefficient (Wildman–Crippen LogP) is 2.49. The van der Waals surface area contributed by atoms with Crippen LogP contribution in [0.4, 0.5) is 0 Å². The molecule has 20 heavy (non-hydrogen) atoms. The van der Waals surface area contributed by atoms with Crippen LogP contribution in [0.15, 0.2) is 24.4 Å². The third kappa shape index (κ3) is 2.88. The van der Waals surface area contributed by atoms with Crippen LogP contribution in [0.2, 0.25) is 0 Å². The Labute approximate surface area is 118 Å². The highest BCUT2D eigenvalue weighted by molar-refractivity contribution is 5.61. The molecule has 0 bridgehead atoms. The molecule has 2 N–H and O–H groups in total. The second kappa shape index (κ2) is 5.88.